The molecule has 108 valence electrons. The molecule has 0 saturated carbocycles. The average Bonchev–Trinajstić information content (AvgIpc) is 2.83. The van der Waals surface area contributed by atoms with E-state index >= 15 is 0 Å². The summed E-state index contributed by atoms with van der Waals surface area (Å²) in [6.45, 7) is 4.12. The summed E-state index contributed by atoms with van der Waals surface area (Å²) in [7, 11) is 0. The van der Waals surface area contributed by atoms with Crippen molar-refractivity contribution in [3.63, 3.8) is 0 Å². The van der Waals surface area contributed by atoms with Gasteiger partial charge in [-0.15, -0.1) is 11.8 Å². The van der Waals surface area contributed by atoms with Crippen LogP contribution in [0, 0.1) is 0 Å². The first kappa shape index (κ1) is 14.2. The van der Waals surface area contributed by atoms with Gasteiger partial charge in [-0.2, -0.15) is 0 Å². The zero-order chi connectivity index (χ0) is 14.8. The van der Waals surface area contributed by atoms with Gasteiger partial charge in [-0.1, -0.05) is 36.4 Å². The van der Waals surface area contributed by atoms with E-state index in [1.54, 1.807) is 11.8 Å². The van der Waals surface area contributed by atoms with Gasteiger partial charge in [0, 0.05) is 16.6 Å². The number of fused-ring (bicyclic) bond motifs is 1. The Kier molecular flexibility index (Phi) is 4.02. The number of hydrogen-bond donors (Lipinski definition) is 0. The number of anilines is 1. The lowest BCUT2D eigenvalue weighted by atomic mass is 10.1. The van der Waals surface area contributed by atoms with E-state index in [9.17, 15) is 4.79 Å². The molecule has 0 bridgehead atoms. The van der Waals surface area contributed by atoms with Gasteiger partial charge >= 0.3 is 0 Å². The fourth-order valence-electron chi connectivity index (χ4n) is 2.85. The van der Waals surface area contributed by atoms with Gasteiger partial charge in [0.2, 0.25) is 5.91 Å². The molecule has 0 radical (unpaired) electrons. The van der Waals surface area contributed by atoms with E-state index < -0.39 is 0 Å². The lowest BCUT2D eigenvalue weighted by Gasteiger charge is -2.25. The van der Waals surface area contributed by atoms with Gasteiger partial charge in [-0.3, -0.25) is 4.79 Å². The molecule has 2 nitrogen and oxygen atoms in total. The van der Waals surface area contributed by atoms with Crippen LogP contribution in [0.1, 0.15) is 19.4 Å². The molecule has 0 fully saturated rings. The largest absolute Gasteiger partial charge is 0.308 e. The number of rotatable bonds is 3. The molecule has 1 aliphatic rings. The van der Waals surface area contributed by atoms with Crippen molar-refractivity contribution >= 4 is 23.4 Å². The van der Waals surface area contributed by atoms with Crippen molar-refractivity contribution in [3.05, 3.63) is 60.2 Å². The smallest absolute Gasteiger partial charge is 0.240 e. The molecule has 1 aliphatic heterocycles. The Morgan fingerprint density at radius 3 is 2.57 bits per heavy atom. The van der Waals surface area contributed by atoms with Gasteiger partial charge in [-0.05, 0) is 44.0 Å². The van der Waals surface area contributed by atoms with Crippen LogP contribution in [0.2, 0.25) is 0 Å². The molecule has 0 aromatic heterocycles. The fraction of sp³-hybridized carbons (Fsp3) is 0.278. The summed E-state index contributed by atoms with van der Waals surface area (Å²) in [6, 6.07) is 18.6. The number of hydrogen-bond acceptors (Lipinski definition) is 2. The predicted octanol–water partition coefficient (Wildman–Crippen LogP) is 4.15. The lowest BCUT2D eigenvalue weighted by Crippen LogP contribution is -2.40. The Labute approximate surface area is 130 Å². The maximum absolute atomic E-state index is 12.8. The molecule has 0 spiro atoms. The number of nitrogens with zero attached hydrogens (tertiary/aromatic N) is 1. The van der Waals surface area contributed by atoms with Gasteiger partial charge in [0.15, 0.2) is 0 Å². The number of thioether (sulfide) groups is 1. The first-order valence-electron chi connectivity index (χ1n) is 7.29. The standard InChI is InChI=1S/C18H19NOS/c1-13-12-15-8-6-7-11-17(15)19(13)18(20)14(2)21-16-9-4-3-5-10-16/h3-11,13-14H,12H2,1-2H3. The van der Waals surface area contributed by atoms with Crippen LogP contribution in [0.3, 0.4) is 0 Å². The number of para-hydroxylation sites is 1. The van der Waals surface area contributed by atoms with E-state index in [-0.39, 0.29) is 17.2 Å². The van der Waals surface area contributed by atoms with Gasteiger partial charge < -0.3 is 4.90 Å². The van der Waals surface area contributed by atoms with E-state index in [0.29, 0.717) is 0 Å². The van der Waals surface area contributed by atoms with Gasteiger partial charge in [0.25, 0.3) is 0 Å². The highest BCUT2D eigenvalue weighted by Gasteiger charge is 2.33. The molecular weight excluding hydrogens is 278 g/mol. The van der Waals surface area contributed by atoms with Crippen molar-refractivity contribution in [1.29, 1.82) is 0 Å². The van der Waals surface area contributed by atoms with Crippen molar-refractivity contribution in [3.8, 4) is 0 Å². The summed E-state index contributed by atoms with van der Waals surface area (Å²) in [5.74, 6) is 0.196. The molecule has 0 aliphatic carbocycles. The number of benzene rings is 2. The molecular formula is C18H19NOS. The van der Waals surface area contributed by atoms with E-state index in [4.69, 9.17) is 0 Å². The number of carbonyl (C=O) groups is 1. The molecule has 3 rings (SSSR count). The Morgan fingerprint density at radius 1 is 1.14 bits per heavy atom. The molecule has 21 heavy (non-hydrogen) atoms. The zero-order valence-electron chi connectivity index (χ0n) is 12.3. The van der Waals surface area contributed by atoms with Gasteiger partial charge in [0.05, 0.1) is 5.25 Å². The first-order chi connectivity index (χ1) is 10.2. The maximum Gasteiger partial charge on any atom is 0.240 e. The Morgan fingerprint density at radius 2 is 1.81 bits per heavy atom. The van der Waals surface area contributed by atoms with Crippen molar-refractivity contribution in [2.24, 2.45) is 0 Å². The second kappa shape index (κ2) is 5.94. The fourth-order valence-corrected chi connectivity index (χ4v) is 3.79. The summed E-state index contributed by atoms with van der Waals surface area (Å²) in [5, 5.41) is -0.0824. The third-order valence-corrected chi connectivity index (χ3v) is 4.95. The summed E-state index contributed by atoms with van der Waals surface area (Å²) in [5.41, 5.74) is 2.35. The van der Waals surface area contributed by atoms with Crippen molar-refractivity contribution in [2.75, 3.05) is 4.90 Å². The number of amides is 1. The van der Waals surface area contributed by atoms with Crippen LogP contribution in [0.15, 0.2) is 59.5 Å². The van der Waals surface area contributed by atoms with E-state index in [2.05, 4.69) is 31.2 Å². The lowest BCUT2D eigenvalue weighted by molar-refractivity contribution is -0.118. The summed E-state index contributed by atoms with van der Waals surface area (Å²) in [4.78, 5) is 15.9. The number of carbonyl (C=O) groups excluding carboxylic acids is 1. The minimum atomic E-state index is -0.0824. The van der Waals surface area contributed by atoms with Crippen molar-refractivity contribution in [2.45, 2.75) is 36.5 Å². The molecule has 0 saturated heterocycles. The molecule has 2 aromatic carbocycles. The minimum Gasteiger partial charge on any atom is -0.308 e. The first-order valence-corrected chi connectivity index (χ1v) is 8.17. The van der Waals surface area contributed by atoms with Gasteiger partial charge in [-0.25, -0.2) is 0 Å². The highest BCUT2D eigenvalue weighted by atomic mass is 32.2. The second-order valence-corrected chi connectivity index (χ2v) is 6.88. The normalized spacial score (nSPS) is 18.4. The summed E-state index contributed by atoms with van der Waals surface area (Å²) >= 11 is 1.62. The third-order valence-electron chi connectivity index (χ3n) is 3.85. The Hall–Kier alpha value is -1.74. The van der Waals surface area contributed by atoms with Crippen molar-refractivity contribution in [1.82, 2.24) is 0 Å². The Balaban J connectivity index is 1.79. The maximum atomic E-state index is 12.8. The monoisotopic (exact) mass is 297 g/mol. The predicted molar refractivity (Wildman–Crippen MR) is 88.9 cm³/mol. The summed E-state index contributed by atoms with van der Waals surface area (Å²) < 4.78 is 0. The SMILES string of the molecule is CC(Sc1ccccc1)C(=O)N1c2ccccc2CC1C. The highest BCUT2D eigenvalue weighted by Crippen LogP contribution is 2.34. The highest BCUT2D eigenvalue weighted by molar-refractivity contribution is 8.00. The van der Waals surface area contributed by atoms with Crippen molar-refractivity contribution < 1.29 is 4.79 Å². The van der Waals surface area contributed by atoms with Gasteiger partial charge in [0.1, 0.15) is 0 Å². The molecule has 2 atom stereocenters. The molecule has 2 aromatic rings. The Bertz CT molecular complexity index is 641. The minimum absolute atomic E-state index is 0.0824. The topological polar surface area (TPSA) is 20.3 Å². The summed E-state index contributed by atoms with van der Waals surface area (Å²) in [6.07, 6.45) is 0.949. The second-order valence-electron chi connectivity index (χ2n) is 5.46. The van der Waals surface area contributed by atoms with E-state index in [0.717, 1.165) is 17.0 Å². The zero-order valence-corrected chi connectivity index (χ0v) is 13.1. The third kappa shape index (κ3) is 2.84. The van der Waals surface area contributed by atoms with Crippen LogP contribution in [-0.2, 0) is 11.2 Å². The van der Waals surface area contributed by atoms with Crippen LogP contribution in [0.25, 0.3) is 0 Å². The molecule has 3 heteroatoms. The van der Waals surface area contributed by atoms with Crippen LogP contribution in [0.4, 0.5) is 5.69 Å². The average molecular weight is 297 g/mol. The molecule has 1 heterocycles. The molecule has 1 amide bonds. The molecule has 2 unspecified atom stereocenters. The van der Waals surface area contributed by atoms with Crippen LogP contribution >= 0.6 is 11.8 Å². The van der Waals surface area contributed by atoms with E-state index in [1.165, 1.54) is 5.56 Å². The van der Waals surface area contributed by atoms with Crippen LogP contribution in [-0.4, -0.2) is 17.2 Å². The van der Waals surface area contributed by atoms with Crippen LogP contribution < -0.4 is 4.90 Å². The van der Waals surface area contributed by atoms with E-state index in [1.807, 2.05) is 42.2 Å². The molecule has 0 N–H and O–H groups in total. The quantitative estimate of drug-likeness (QED) is 0.793. The van der Waals surface area contributed by atoms with Crippen LogP contribution in [0.5, 0.6) is 0 Å².